The quantitative estimate of drug-likeness (QED) is 0.876. The Morgan fingerprint density at radius 3 is 2.83 bits per heavy atom. The zero-order chi connectivity index (χ0) is 12.8. The summed E-state index contributed by atoms with van der Waals surface area (Å²) in [5, 5.41) is 8.85. The number of benzene rings is 1. The lowest BCUT2D eigenvalue weighted by molar-refractivity contribution is 0.0696. The Bertz CT molecular complexity index is 526. The molecule has 0 atom stereocenters. The molecule has 0 spiro atoms. The van der Waals surface area contributed by atoms with Gasteiger partial charge in [0.2, 0.25) is 0 Å². The lowest BCUT2D eigenvalue weighted by atomic mass is 10.2. The van der Waals surface area contributed by atoms with Crippen molar-refractivity contribution in [3.8, 4) is 5.75 Å². The van der Waals surface area contributed by atoms with Gasteiger partial charge in [0.15, 0.2) is 0 Å². The minimum Gasteiger partial charge on any atom is -0.493 e. The Morgan fingerprint density at radius 2 is 2.11 bits per heavy atom. The number of hydrogen-bond acceptors (Lipinski definition) is 3. The molecule has 0 aliphatic heterocycles. The number of carboxylic acid groups (broad SMARTS) is 1. The molecule has 1 heterocycles. The first-order valence-electron chi connectivity index (χ1n) is 5.62. The summed E-state index contributed by atoms with van der Waals surface area (Å²) in [6, 6.07) is 12.2. The summed E-state index contributed by atoms with van der Waals surface area (Å²) in [6.07, 6.45) is 2.43. The van der Waals surface area contributed by atoms with E-state index < -0.39 is 5.97 Å². The van der Waals surface area contributed by atoms with Crippen LogP contribution in [0, 0.1) is 0 Å². The summed E-state index contributed by atoms with van der Waals surface area (Å²) in [6.45, 7) is 0.472. The molecule has 0 unspecified atom stereocenters. The van der Waals surface area contributed by atoms with Crippen LogP contribution in [0.15, 0.2) is 48.7 Å². The van der Waals surface area contributed by atoms with Gasteiger partial charge in [0.25, 0.3) is 0 Å². The monoisotopic (exact) mass is 243 g/mol. The first kappa shape index (κ1) is 12.1. The normalized spacial score (nSPS) is 10.0. The third kappa shape index (κ3) is 3.31. The van der Waals surface area contributed by atoms with Gasteiger partial charge in [0.1, 0.15) is 5.75 Å². The maximum Gasteiger partial charge on any atom is 0.335 e. The van der Waals surface area contributed by atoms with Crippen molar-refractivity contribution in [1.82, 2.24) is 4.98 Å². The molecule has 0 fully saturated rings. The van der Waals surface area contributed by atoms with Crippen molar-refractivity contribution in [1.29, 1.82) is 0 Å². The van der Waals surface area contributed by atoms with Crippen LogP contribution >= 0.6 is 0 Å². The van der Waals surface area contributed by atoms with Gasteiger partial charge in [-0.1, -0.05) is 12.1 Å². The van der Waals surface area contributed by atoms with Gasteiger partial charge in [-0.2, -0.15) is 0 Å². The fourth-order valence-electron chi connectivity index (χ4n) is 1.54. The molecule has 4 nitrogen and oxygen atoms in total. The number of aromatic carboxylic acids is 1. The van der Waals surface area contributed by atoms with Gasteiger partial charge in [-0.05, 0) is 30.3 Å². The van der Waals surface area contributed by atoms with Crippen LogP contribution in [0.4, 0.5) is 0 Å². The number of carboxylic acids is 1. The molecule has 4 heteroatoms. The second kappa shape index (κ2) is 5.82. The zero-order valence-electron chi connectivity index (χ0n) is 9.74. The smallest absolute Gasteiger partial charge is 0.335 e. The van der Waals surface area contributed by atoms with Crippen LogP contribution in [-0.4, -0.2) is 22.7 Å². The minimum absolute atomic E-state index is 0.227. The number of carbonyl (C=O) groups is 1. The molecule has 0 saturated heterocycles. The lowest BCUT2D eigenvalue weighted by Gasteiger charge is -2.06. The fourth-order valence-corrected chi connectivity index (χ4v) is 1.54. The first-order chi connectivity index (χ1) is 8.75. The van der Waals surface area contributed by atoms with Crippen molar-refractivity contribution in [2.45, 2.75) is 6.42 Å². The first-order valence-corrected chi connectivity index (χ1v) is 5.62. The molecule has 2 aromatic rings. The third-order valence-electron chi connectivity index (χ3n) is 2.43. The topological polar surface area (TPSA) is 59.4 Å². The van der Waals surface area contributed by atoms with Crippen molar-refractivity contribution in [3.63, 3.8) is 0 Å². The molecule has 0 saturated carbocycles. The Balaban J connectivity index is 1.90. The molecule has 2 rings (SSSR count). The summed E-state index contributed by atoms with van der Waals surface area (Å²) in [5.41, 5.74) is 1.18. The van der Waals surface area contributed by atoms with E-state index >= 15 is 0 Å². The summed E-state index contributed by atoms with van der Waals surface area (Å²) < 4.78 is 5.50. The Labute approximate surface area is 105 Å². The van der Waals surface area contributed by atoms with Gasteiger partial charge >= 0.3 is 5.97 Å². The van der Waals surface area contributed by atoms with Crippen molar-refractivity contribution >= 4 is 5.97 Å². The van der Waals surface area contributed by atoms with Gasteiger partial charge in [0, 0.05) is 18.3 Å². The Hall–Kier alpha value is -2.36. The molecule has 1 N–H and O–H groups in total. The van der Waals surface area contributed by atoms with Crippen LogP contribution < -0.4 is 4.74 Å². The van der Waals surface area contributed by atoms with Crippen molar-refractivity contribution in [3.05, 3.63) is 59.9 Å². The molecule has 1 aromatic carbocycles. The largest absolute Gasteiger partial charge is 0.493 e. The van der Waals surface area contributed by atoms with Crippen molar-refractivity contribution in [2.75, 3.05) is 6.61 Å². The molecular weight excluding hydrogens is 230 g/mol. The van der Waals surface area contributed by atoms with Crippen LogP contribution in [0.3, 0.4) is 0 Å². The van der Waals surface area contributed by atoms with Crippen LogP contribution in [0.2, 0.25) is 0 Å². The third-order valence-corrected chi connectivity index (χ3v) is 2.43. The fraction of sp³-hybridized carbons (Fsp3) is 0.143. The second-order valence-electron chi connectivity index (χ2n) is 3.75. The molecule has 0 radical (unpaired) electrons. The van der Waals surface area contributed by atoms with Crippen LogP contribution in [-0.2, 0) is 6.42 Å². The van der Waals surface area contributed by atoms with Crippen molar-refractivity contribution in [2.24, 2.45) is 0 Å². The van der Waals surface area contributed by atoms with E-state index in [0.717, 1.165) is 5.69 Å². The highest BCUT2D eigenvalue weighted by Crippen LogP contribution is 2.13. The summed E-state index contributed by atoms with van der Waals surface area (Å²) >= 11 is 0. The molecular formula is C14H13NO3. The van der Waals surface area contributed by atoms with E-state index in [4.69, 9.17) is 9.84 Å². The van der Waals surface area contributed by atoms with E-state index in [2.05, 4.69) is 4.98 Å². The summed E-state index contributed by atoms with van der Waals surface area (Å²) in [4.78, 5) is 15.0. The van der Waals surface area contributed by atoms with E-state index in [-0.39, 0.29) is 5.56 Å². The number of aromatic nitrogens is 1. The molecule has 0 bridgehead atoms. The minimum atomic E-state index is -0.954. The van der Waals surface area contributed by atoms with E-state index in [1.54, 1.807) is 18.3 Å². The van der Waals surface area contributed by atoms with Crippen molar-refractivity contribution < 1.29 is 14.6 Å². The summed E-state index contributed by atoms with van der Waals surface area (Å²) in [5.74, 6) is -0.393. The molecule has 92 valence electrons. The lowest BCUT2D eigenvalue weighted by Crippen LogP contribution is -2.03. The Morgan fingerprint density at radius 1 is 1.22 bits per heavy atom. The van der Waals surface area contributed by atoms with Crippen LogP contribution in [0.1, 0.15) is 16.1 Å². The maximum atomic E-state index is 10.8. The average molecular weight is 243 g/mol. The Kier molecular flexibility index (Phi) is 3.91. The highest BCUT2D eigenvalue weighted by atomic mass is 16.5. The molecule has 0 aliphatic rings. The van der Waals surface area contributed by atoms with Gasteiger partial charge in [-0.15, -0.1) is 0 Å². The molecule has 0 amide bonds. The van der Waals surface area contributed by atoms with Gasteiger partial charge in [-0.25, -0.2) is 4.79 Å². The van der Waals surface area contributed by atoms with Gasteiger partial charge in [-0.3, -0.25) is 4.98 Å². The highest BCUT2D eigenvalue weighted by Gasteiger charge is 2.03. The average Bonchev–Trinajstić information content (AvgIpc) is 2.40. The summed E-state index contributed by atoms with van der Waals surface area (Å²) in [7, 11) is 0. The maximum absolute atomic E-state index is 10.8. The van der Waals surface area contributed by atoms with Crippen LogP contribution in [0.5, 0.6) is 5.75 Å². The number of nitrogens with zero attached hydrogens (tertiary/aromatic N) is 1. The van der Waals surface area contributed by atoms with Gasteiger partial charge < -0.3 is 9.84 Å². The number of hydrogen-bond donors (Lipinski definition) is 1. The van der Waals surface area contributed by atoms with E-state index in [1.165, 1.54) is 12.1 Å². The standard InChI is InChI=1S/C14H13NO3/c16-14(17)11-4-3-6-13(10-11)18-9-7-12-5-1-2-8-15-12/h1-6,8,10H,7,9H2,(H,16,17). The zero-order valence-corrected chi connectivity index (χ0v) is 9.74. The number of ether oxygens (including phenoxy) is 1. The van der Waals surface area contributed by atoms with E-state index in [0.29, 0.717) is 18.8 Å². The van der Waals surface area contributed by atoms with Gasteiger partial charge in [0.05, 0.1) is 12.2 Å². The predicted molar refractivity (Wildman–Crippen MR) is 66.8 cm³/mol. The molecule has 18 heavy (non-hydrogen) atoms. The predicted octanol–water partition coefficient (Wildman–Crippen LogP) is 2.40. The van der Waals surface area contributed by atoms with Crippen LogP contribution in [0.25, 0.3) is 0 Å². The number of rotatable bonds is 5. The molecule has 0 aliphatic carbocycles. The highest BCUT2D eigenvalue weighted by molar-refractivity contribution is 5.87. The van der Waals surface area contributed by atoms with E-state index in [1.807, 2.05) is 18.2 Å². The second-order valence-corrected chi connectivity index (χ2v) is 3.75. The number of pyridine rings is 1. The SMILES string of the molecule is O=C(O)c1cccc(OCCc2ccccn2)c1. The van der Waals surface area contributed by atoms with E-state index in [9.17, 15) is 4.79 Å². The molecule has 1 aromatic heterocycles.